The standard InChI is InChI=1S/C19H17BrN4S/c1-12-5-10-16(22-12)18-17(15-4-2-3-11-21-15)23-19(25)24(18)14-8-6-13(20)7-9-14/h2-11,17-18,22H,1H3,(H,23,25)/t17-,18+/m0/s1. The van der Waals surface area contributed by atoms with Crippen molar-refractivity contribution in [2.45, 2.75) is 19.0 Å². The summed E-state index contributed by atoms with van der Waals surface area (Å²) in [6.07, 6.45) is 1.82. The zero-order chi connectivity index (χ0) is 17.4. The number of nitrogens with zero attached hydrogens (tertiary/aromatic N) is 2. The zero-order valence-corrected chi connectivity index (χ0v) is 16.0. The van der Waals surface area contributed by atoms with Crippen LogP contribution >= 0.6 is 28.1 Å². The van der Waals surface area contributed by atoms with Gasteiger partial charge in [-0.25, -0.2) is 0 Å². The number of rotatable bonds is 3. The molecule has 0 bridgehead atoms. The van der Waals surface area contributed by atoms with Gasteiger partial charge in [0.15, 0.2) is 5.11 Å². The molecule has 1 fully saturated rings. The molecular formula is C19H17BrN4S. The second-order valence-corrected chi connectivity index (χ2v) is 7.37. The topological polar surface area (TPSA) is 44.0 Å². The molecule has 4 rings (SSSR count). The third kappa shape index (κ3) is 3.07. The van der Waals surface area contributed by atoms with Crippen LogP contribution in [0, 0.1) is 6.92 Å². The van der Waals surface area contributed by atoms with E-state index < -0.39 is 0 Å². The van der Waals surface area contributed by atoms with E-state index in [9.17, 15) is 0 Å². The molecule has 2 N–H and O–H groups in total. The van der Waals surface area contributed by atoms with Gasteiger partial charge >= 0.3 is 0 Å². The molecule has 2 atom stereocenters. The summed E-state index contributed by atoms with van der Waals surface area (Å²) >= 11 is 9.18. The Morgan fingerprint density at radius 1 is 1.08 bits per heavy atom. The number of halogens is 1. The van der Waals surface area contributed by atoms with Gasteiger partial charge in [-0.3, -0.25) is 4.98 Å². The third-order valence-corrected chi connectivity index (χ3v) is 5.22. The van der Waals surface area contributed by atoms with Crippen molar-refractivity contribution in [3.8, 4) is 0 Å². The normalized spacial score (nSPS) is 19.9. The molecule has 1 aromatic carbocycles. The average molecular weight is 413 g/mol. The maximum Gasteiger partial charge on any atom is 0.174 e. The van der Waals surface area contributed by atoms with Crippen LogP contribution in [-0.4, -0.2) is 15.1 Å². The molecule has 6 heteroatoms. The van der Waals surface area contributed by atoms with Crippen LogP contribution in [0.3, 0.4) is 0 Å². The van der Waals surface area contributed by atoms with E-state index >= 15 is 0 Å². The van der Waals surface area contributed by atoms with E-state index in [1.807, 2.05) is 36.5 Å². The molecule has 3 heterocycles. The highest BCUT2D eigenvalue weighted by atomic mass is 79.9. The molecule has 1 saturated heterocycles. The van der Waals surface area contributed by atoms with Gasteiger partial charge in [-0.15, -0.1) is 0 Å². The first-order chi connectivity index (χ1) is 12.1. The fraction of sp³-hybridized carbons (Fsp3) is 0.158. The summed E-state index contributed by atoms with van der Waals surface area (Å²) in [4.78, 5) is 10.2. The monoisotopic (exact) mass is 412 g/mol. The van der Waals surface area contributed by atoms with E-state index in [4.69, 9.17) is 12.2 Å². The lowest BCUT2D eigenvalue weighted by molar-refractivity contribution is 0.558. The molecule has 0 amide bonds. The molecule has 0 unspecified atom stereocenters. The molecule has 1 aliphatic heterocycles. The Bertz CT molecular complexity index is 891. The molecule has 1 aliphatic rings. The van der Waals surface area contributed by atoms with E-state index in [0.29, 0.717) is 5.11 Å². The smallest absolute Gasteiger partial charge is 0.174 e. The predicted molar refractivity (Wildman–Crippen MR) is 108 cm³/mol. The average Bonchev–Trinajstić information content (AvgIpc) is 3.20. The molecular weight excluding hydrogens is 396 g/mol. The number of benzene rings is 1. The van der Waals surface area contributed by atoms with Crippen LogP contribution in [0.25, 0.3) is 0 Å². The number of hydrogen-bond donors (Lipinski definition) is 2. The summed E-state index contributed by atoms with van der Waals surface area (Å²) in [6.45, 7) is 2.06. The molecule has 0 spiro atoms. The third-order valence-electron chi connectivity index (χ3n) is 4.38. The van der Waals surface area contributed by atoms with Crippen molar-refractivity contribution in [1.82, 2.24) is 15.3 Å². The Balaban J connectivity index is 1.81. The van der Waals surface area contributed by atoms with Crippen LogP contribution in [0.2, 0.25) is 0 Å². The van der Waals surface area contributed by atoms with Gasteiger partial charge in [-0.05, 0) is 67.7 Å². The second kappa shape index (κ2) is 6.61. The van der Waals surface area contributed by atoms with Crippen molar-refractivity contribution in [1.29, 1.82) is 0 Å². The van der Waals surface area contributed by atoms with E-state index in [2.05, 4.69) is 67.3 Å². The Kier molecular flexibility index (Phi) is 4.31. The van der Waals surface area contributed by atoms with E-state index in [1.54, 1.807) is 0 Å². The largest absolute Gasteiger partial charge is 0.361 e. The summed E-state index contributed by atoms with van der Waals surface area (Å²) < 4.78 is 1.04. The number of anilines is 1. The van der Waals surface area contributed by atoms with Gasteiger partial charge in [0.1, 0.15) is 6.04 Å². The first-order valence-corrected chi connectivity index (χ1v) is 9.25. The Hall–Kier alpha value is -2.18. The lowest BCUT2D eigenvalue weighted by Crippen LogP contribution is -2.29. The lowest BCUT2D eigenvalue weighted by Gasteiger charge is -2.27. The summed E-state index contributed by atoms with van der Waals surface area (Å²) in [6, 6.07) is 18.4. The maximum absolute atomic E-state index is 5.68. The van der Waals surface area contributed by atoms with Crippen molar-refractivity contribution >= 4 is 38.9 Å². The van der Waals surface area contributed by atoms with Gasteiger partial charge < -0.3 is 15.2 Å². The number of pyridine rings is 1. The predicted octanol–water partition coefficient (Wildman–Crippen LogP) is 4.66. The minimum absolute atomic E-state index is 0.0114. The summed E-state index contributed by atoms with van der Waals surface area (Å²) in [5.74, 6) is 0. The highest BCUT2D eigenvalue weighted by molar-refractivity contribution is 9.10. The van der Waals surface area contributed by atoms with Crippen LogP contribution < -0.4 is 10.2 Å². The summed E-state index contributed by atoms with van der Waals surface area (Å²) in [5, 5.41) is 4.16. The van der Waals surface area contributed by atoms with Crippen LogP contribution in [0.15, 0.2) is 65.3 Å². The summed E-state index contributed by atoms with van der Waals surface area (Å²) in [7, 11) is 0. The fourth-order valence-electron chi connectivity index (χ4n) is 3.25. The molecule has 0 aliphatic carbocycles. The van der Waals surface area contributed by atoms with Gasteiger partial charge in [0.05, 0.1) is 11.7 Å². The molecule has 126 valence electrons. The minimum atomic E-state index is -0.0182. The number of H-pyrrole nitrogens is 1. The quantitative estimate of drug-likeness (QED) is 0.614. The molecule has 0 saturated carbocycles. The lowest BCUT2D eigenvalue weighted by atomic mass is 10.0. The number of nitrogens with one attached hydrogen (secondary N) is 2. The number of aryl methyl sites for hydroxylation is 1. The second-order valence-electron chi connectivity index (χ2n) is 6.07. The Morgan fingerprint density at radius 3 is 2.52 bits per heavy atom. The van der Waals surface area contributed by atoms with Gasteiger partial charge in [0.2, 0.25) is 0 Å². The van der Waals surface area contributed by atoms with Crippen molar-refractivity contribution in [3.63, 3.8) is 0 Å². The van der Waals surface area contributed by atoms with E-state index in [1.165, 1.54) is 0 Å². The summed E-state index contributed by atoms with van der Waals surface area (Å²) in [5.41, 5.74) is 4.27. The number of aromatic amines is 1. The van der Waals surface area contributed by atoms with Crippen molar-refractivity contribution in [3.05, 3.63) is 82.3 Å². The Labute approximate surface area is 160 Å². The first-order valence-electron chi connectivity index (χ1n) is 8.05. The van der Waals surface area contributed by atoms with Gasteiger partial charge in [0, 0.05) is 27.7 Å². The van der Waals surface area contributed by atoms with Crippen molar-refractivity contribution in [2.24, 2.45) is 0 Å². The SMILES string of the molecule is Cc1ccc([C@@H]2[C@H](c3ccccn3)NC(=S)N2c2ccc(Br)cc2)[nH]1. The Morgan fingerprint density at radius 2 is 1.88 bits per heavy atom. The highest BCUT2D eigenvalue weighted by Gasteiger charge is 2.41. The zero-order valence-electron chi connectivity index (χ0n) is 13.6. The molecule has 25 heavy (non-hydrogen) atoms. The van der Waals surface area contributed by atoms with E-state index in [0.717, 1.165) is 27.2 Å². The van der Waals surface area contributed by atoms with Gasteiger partial charge in [-0.2, -0.15) is 0 Å². The number of aromatic nitrogens is 2. The van der Waals surface area contributed by atoms with E-state index in [-0.39, 0.29) is 12.1 Å². The van der Waals surface area contributed by atoms with Crippen LogP contribution in [0.4, 0.5) is 5.69 Å². The highest BCUT2D eigenvalue weighted by Crippen LogP contribution is 2.41. The molecule has 4 nitrogen and oxygen atoms in total. The number of thiocarbonyl (C=S) groups is 1. The van der Waals surface area contributed by atoms with Crippen molar-refractivity contribution in [2.75, 3.05) is 4.90 Å². The van der Waals surface area contributed by atoms with Crippen LogP contribution in [-0.2, 0) is 0 Å². The maximum atomic E-state index is 5.68. The number of hydrogen-bond acceptors (Lipinski definition) is 2. The van der Waals surface area contributed by atoms with Crippen molar-refractivity contribution < 1.29 is 0 Å². The van der Waals surface area contributed by atoms with Crippen LogP contribution in [0.1, 0.15) is 29.2 Å². The van der Waals surface area contributed by atoms with Gasteiger partial charge in [0.25, 0.3) is 0 Å². The molecule has 3 aromatic rings. The fourth-order valence-corrected chi connectivity index (χ4v) is 3.86. The molecule has 2 aromatic heterocycles. The first kappa shape index (κ1) is 16.3. The molecule has 0 radical (unpaired) electrons. The van der Waals surface area contributed by atoms with Crippen LogP contribution in [0.5, 0.6) is 0 Å². The van der Waals surface area contributed by atoms with Gasteiger partial charge in [-0.1, -0.05) is 22.0 Å². The minimum Gasteiger partial charge on any atom is -0.361 e.